The van der Waals surface area contributed by atoms with Gasteiger partial charge in [-0.15, -0.1) is 0 Å². The Balaban J connectivity index is 1.91. The van der Waals surface area contributed by atoms with E-state index in [2.05, 4.69) is 43.6 Å². The van der Waals surface area contributed by atoms with E-state index in [4.69, 9.17) is 10.00 Å². The number of nitriles is 1. The maximum Gasteiger partial charge on any atom is 0.222 e. The molecule has 1 aliphatic carbocycles. The molecule has 6 nitrogen and oxygen atoms in total. The third-order valence-corrected chi connectivity index (χ3v) is 6.16. The molecule has 0 aliphatic heterocycles. The number of carbonyl (C=O) groups is 2. The summed E-state index contributed by atoms with van der Waals surface area (Å²) in [5.74, 6) is 1.44. The van der Waals surface area contributed by atoms with Gasteiger partial charge in [0.15, 0.2) is 0 Å². The standard InChI is InChI=1S/C25H35N3O3/c1-17(2)23-12-21(18(3)11-22(23)16-28-24(29)9-10-31-4)13-25(30)27-15-20-7-5-19(14-26)6-8-20/h5-8,11,17,21-23H,9-10,12-13,15-16H2,1-4H3,(H,27,30)(H,28,29). The van der Waals surface area contributed by atoms with Gasteiger partial charge in [-0.2, -0.15) is 5.26 Å². The third kappa shape index (κ3) is 7.84. The van der Waals surface area contributed by atoms with E-state index in [1.807, 2.05) is 12.1 Å². The van der Waals surface area contributed by atoms with Crippen LogP contribution < -0.4 is 10.6 Å². The summed E-state index contributed by atoms with van der Waals surface area (Å²) in [6.07, 6.45) is 4.04. The molecule has 0 bridgehead atoms. The monoisotopic (exact) mass is 425 g/mol. The minimum Gasteiger partial charge on any atom is -0.384 e. The van der Waals surface area contributed by atoms with Crippen molar-refractivity contribution in [3.63, 3.8) is 0 Å². The predicted octanol–water partition coefficient (Wildman–Crippen LogP) is 3.57. The number of ether oxygens (including phenoxy) is 1. The number of nitrogens with zero attached hydrogens (tertiary/aromatic N) is 1. The minimum atomic E-state index is 0.0136. The molecule has 0 heterocycles. The van der Waals surface area contributed by atoms with E-state index in [1.54, 1.807) is 19.2 Å². The summed E-state index contributed by atoms with van der Waals surface area (Å²) in [4.78, 5) is 24.5. The van der Waals surface area contributed by atoms with Crippen LogP contribution in [0.15, 0.2) is 35.9 Å². The number of allylic oxidation sites excluding steroid dienone is 1. The van der Waals surface area contributed by atoms with Crippen LogP contribution in [-0.4, -0.2) is 32.1 Å². The van der Waals surface area contributed by atoms with Gasteiger partial charge in [-0.1, -0.05) is 37.6 Å². The fraction of sp³-hybridized carbons (Fsp3) is 0.560. The smallest absolute Gasteiger partial charge is 0.222 e. The maximum absolute atomic E-state index is 12.6. The molecule has 31 heavy (non-hydrogen) atoms. The number of carbonyl (C=O) groups excluding carboxylic acids is 2. The van der Waals surface area contributed by atoms with Crippen LogP contribution in [0.4, 0.5) is 0 Å². The highest BCUT2D eigenvalue weighted by molar-refractivity contribution is 5.77. The maximum atomic E-state index is 12.6. The minimum absolute atomic E-state index is 0.0136. The second-order valence-electron chi connectivity index (χ2n) is 8.75. The molecule has 0 saturated carbocycles. The SMILES string of the molecule is COCCC(=O)NCC1C=C(C)C(CC(=O)NCc2ccc(C#N)cc2)CC1C(C)C. The zero-order valence-electron chi connectivity index (χ0n) is 19.1. The molecular weight excluding hydrogens is 390 g/mol. The quantitative estimate of drug-likeness (QED) is 0.561. The molecule has 2 rings (SSSR count). The molecule has 0 saturated heterocycles. The highest BCUT2D eigenvalue weighted by atomic mass is 16.5. The van der Waals surface area contributed by atoms with Crippen LogP contribution in [0, 0.1) is 35.0 Å². The Morgan fingerprint density at radius 1 is 1.19 bits per heavy atom. The molecule has 0 spiro atoms. The van der Waals surface area contributed by atoms with Crippen LogP contribution in [0.25, 0.3) is 0 Å². The van der Waals surface area contributed by atoms with E-state index in [9.17, 15) is 9.59 Å². The Labute approximate surface area is 186 Å². The normalized spacial score (nSPS) is 20.6. The van der Waals surface area contributed by atoms with Crippen molar-refractivity contribution in [2.45, 2.75) is 46.6 Å². The summed E-state index contributed by atoms with van der Waals surface area (Å²) >= 11 is 0. The summed E-state index contributed by atoms with van der Waals surface area (Å²) in [6, 6.07) is 9.35. The number of nitrogens with one attached hydrogen (secondary N) is 2. The Morgan fingerprint density at radius 3 is 2.52 bits per heavy atom. The van der Waals surface area contributed by atoms with Gasteiger partial charge < -0.3 is 15.4 Å². The van der Waals surface area contributed by atoms with Crippen molar-refractivity contribution in [1.82, 2.24) is 10.6 Å². The van der Waals surface area contributed by atoms with Crippen molar-refractivity contribution in [1.29, 1.82) is 5.26 Å². The average Bonchev–Trinajstić information content (AvgIpc) is 2.76. The zero-order valence-corrected chi connectivity index (χ0v) is 19.1. The van der Waals surface area contributed by atoms with E-state index in [1.165, 1.54) is 5.57 Å². The van der Waals surface area contributed by atoms with Gasteiger partial charge in [-0.3, -0.25) is 9.59 Å². The van der Waals surface area contributed by atoms with Crippen molar-refractivity contribution >= 4 is 11.8 Å². The molecule has 6 heteroatoms. The summed E-state index contributed by atoms with van der Waals surface area (Å²) in [6.45, 7) is 8.03. The number of methoxy groups -OCH3 is 1. The van der Waals surface area contributed by atoms with Crippen molar-refractivity contribution in [2.75, 3.05) is 20.3 Å². The number of benzene rings is 1. The molecule has 3 unspecified atom stereocenters. The van der Waals surface area contributed by atoms with Crippen LogP contribution in [0.5, 0.6) is 0 Å². The predicted molar refractivity (Wildman–Crippen MR) is 121 cm³/mol. The van der Waals surface area contributed by atoms with Gasteiger partial charge in [0.05, 0.1) is 18.2 Å². The third-order valence-electron chi connectivity index (χ3n) is 6.16. The molecule has 1 aromatic carbocycles. The van der Waals surface area contributed by atoms with Gasteiger partial charge in [-0.25, -0.2) is 0 Å². The molecule has 168 valence electrons. The Hall–Kier alpha value is -2.65. The van der Waals surface area contributed by atoms with Gasteiger partial charge in [0.25, 0.3) is 0 Å². The van der Waals surface area contributed by atoms with Crippen LogP contribution in [-0.2, 0) is 20.9 Å². The molecule has 1 aromatic rings. The molecule has 2 amide bonds. The lowest BCUT2D eigenvalue weighted by Gasteiger charge is -2.37. The fourth-order valence-corrected chi connectivity index (χ4v) is 4.22. The number of hydrogen-bond acceptors (Lipinski definition) is 4. The number of rotatable bonds is 10. The van der Waals surface area contributed by atoms with E-state index in [-0.39, 0.29) is 23.7 Å². The highest BCUT2D eigenvalue weighted by Crippen LogP contribution is 2.38. The summed E-state index contributed by atoms with van der Waals surface area (Å²) in [7, 11) is 1.59. The van der Waals surface area contributed by atoms with Gasteiger partial charge in [0, 0.05) is 33.0 Å². The van der Waals surface area contributed by atoms with Crippen LogP contribution in [0.1, 0.15) is 51.2 Å². The molecule has 2 N–H and O–H groups in total. The van der Waals surface area contributed by atoms with E-state index >= 15 is 0 Å². The first-order valence-electron chi connectivity index (χ1n) is 11.0. The topological polar surface area (TPSA) is 91.2 Å². The number of hydrogen-bond donors (Lipinski definition) is 2. The Kier molecular flexibility index (Phi) is 9.74. The molecule has 0 fully saturated rings. The Morgan fingerprint density at radius 2 is 1.90 bits per heavy atom. The Bertz CT molecular complexity index is 808. The summed E-state index contributed by atoms with van der Waals surface area (Å²) in [5, 5.41) is 14.9. The van der Waals surface area contributed by atoms with Crippen molar-refractivity contribution in [2.24, 2.45) is 23.7 Å². The molecule has 1 aliphatic rings. The molecule has 3 atom stereocenters. The largest absolute Gasteiger partial charge is 0.384 e. The summed E-state index contributed by atoms with van der Waals surface area (Å²) < 4.78 is 4.97. The second-order valence-corrected chi connectivity index (χ2v) is 8.75. The van der Waals surface area contributed by atoms with Crippen LogP contribution in [0.3, 0.4) is 0 Å². The van der Waals surface area contributed by atoms with Crippen LogP contribution in [0.2, 0.25) is 0 Å². The van der Waals surface area contributed by atoms with Crippen molar-refractivity contribution < 1.29 is 14.3 Å². The lowest BCUT2D eigenvalue weighted by Crippen LogP contribution is -2.38. The van der Waals surface area contributed by atoms with Gasteiger partial charge in [0.2, 0.25) is 11.8 Å². The van der Waals surface area contributed by atoms with Gasteiger partial charge >= 0.3 is 0 Å². The first kappa shape index (κ1) is 24.6. The second kappa shape index (κ2) is 12.3. The van der Waals surface area contributed by atoms with Gasteiger partial charge in [-0.05, 0) is 54.7 Å². The lowest BCUT2D eigenvalue weighted by molar-refractivity contribution is -0.122. The van der Waals surface area contributed by atoms with Gasteiger partial charge in [0.1, 0.15) is 0 Å². The van der Waals surface area contributed by atoms with E-state index in [0.29, 0.717) is 49.9 Å². The lowest BCUT2D eigenvalue weighted by atomic mass is 9.69. The molecular formula is C25H35N3O3. The van der Waals surface area contributed by atoms with E-state index in [0.717, 1.165) is 12.0 Å². The summed E-state index contributed by atoms with van der Waals surface area (Å²) in [5.41, 5.74) is 2.82. The van der Waals surface area contributed by atoms with Crippen LogP contribution >= 0.6 is 0 Å². The van der Waals surface area contributed by atoms with E-state index < -0.39 is 0 Å². The molecule has 0 aromatic heterocycles. The zero-order chi connectivity index (χ0) is 22.8. The first-order chi connectivity index (χ1) is 14.8. The number of amides is 2. The molecule has 0 radical (unpaired) electrons. The highest BCUT2D eigenvalue weighted by Gasteiger charge is 2.32. The first-order valence-corrected chi connectivity index (χ1v) is 11.0. The fourth-order valence-electron chi connectivity index (χ4n) is 4.22. The average molecular weight is 426 g/mol. The van der Waals surface area contributed by atoms with Crippen molar-refractivity contribution in [3.05, 3.63) is 47.0 Å². The van der Waals surface area contributed by atoms with Crippen molar-refractivity contribution in [3.8, 4) is 6.07 Å².